The van der Waals surface area contributed by atoms with Gasteiger partial charge in [0.2, 0.25) is 0 Å². The summed E-state index contributed by atoms with van der Waals surface area (Å²) in [5, 5.41) is 11.5. The van der Waals surface area contributed by atoms with Crippen molar-refractivity contribution in [1.82, 2.24) is 0 Å². The zero-order valence-electron chi connectivity index (χ0n) is 11.8. The van der Waals surface area contributed by atoms with Gasteiger partial charge < -0.3 is 15.2 Å². The van der Waals surface area contributed by atoms with Gasteiger partial charge in [-0.1, -0.05) is 11.8 Å². The van der Waals surface area contributed by atoms with Crippen LogP contribution in [0, 0.1) is 18.8 Å². The average Bonchev–Trinajstić information content (AvgIpc) is 2.87. The van der Waals surface area contributed by atoms with Crippen molar-refractivity contribution in [2.24, 2.45) is 0 Å². The van der Waals surface area contributed by atoms with Gasteiger partial charge in [-0.3, -0.25) is 4.79 Å². The molecule has 0 atom stereocenters. The minimum absolute atomic E-state index is 0.176. The highest BCUT2D eigenvalue weighted by Gasteiger charge is 2.11. The Morgan fingerprint density at radius 2 is 2.10 bits per heavy atom. The first-order valence-corrected chi connectivity index (χ1v) is 7.11. The molecule has 4 nitrogen and oxygen atoms in total. The van der Waals surface area contributed by atoms with Crippen LogP contribution in [0.4, 0.5) is 5.69 Å². The number of nitrogens with one attached hydrogen (secondary N) is 1. The van der Waals surface area contributed by atoms with Crippen LogP contribution in [0.3, 0.4) is 0 Å². The number of aliphatic hydroxyl groups excluding tert-OH is 1. The highest BCUT2D eigenvalue weighted by Crippen LogP contribution is 2.22. The summed E-state index contributed by atoms with van der Waals surface area (Å²) in [4.78, 5) is 13.6. The highest BCUT2D eigenvalue weighted by molar-refractivity contribution is 7.14. The van der Waals surface area contributed by atoms with E-state index in [4.69, 9.17) is 9.84 Å². The summed E-state index contributed by atoms with van der Waals surface area (Å²) in [7, 11) is 1.59. The number of hydrogen-bond donors (Lipinski definition) is 2. The van der Waals surface area contributed by atoms with Crippen LogP contribution in [0.5, 0.6) is 5.75 Å². The van der Waals surface area contributed by atoms with Gasteiger partial charge in [-0.15, -0.1) is 11.3 Å². The van der Waals surface area contributed by atoms with Gasteiger partial charge in [-0.2, -0.15) is 0 Å². The molecule has 2 rings (SSSR count). The summed E-state index contributed by atoms with van der Waals surface area (Å²) in [6.07, 6.45) is 0. The van der Waals surface area contributed by atoms with E-state index in [0.29, 0.717) is 10.6 Å². The molecule has 108 valence electrons. The number of carbonyl (C=O) groups is 1. The average molecular weight is 301 g/mol. The lowest BCUT2D eigenvalue weighted by Gasteiger charge is -2.04. The van der Waals surface area contributed by atoms with Crippen LogP contribution < -0.4 is 10.1 Å². The van der Waals surface area contributed by atoms with Crippen LogP contribution in [0.2, 0.25) is 0 Å². The van der Waals surface area contributed by atoms with E-state index in [1.165, 1.54) is 11.3 Å². The molecular formula is C16H15NO3S. The molecule has 0 saturated carbocycles. The second-order valence-electron chi connectivity index (χ2n) is 4.27. The third kappa shape index (κ3) is 3.85. The molecule has 1 heterocycles. The number of rotatable bonds is 3. The summed E-state index contributed by atoms with van der Waals surface area (Å²) < 4.78 is 5.07. The Labute approximate surface area is 127 Å². The molecule has 2 N–H and O–H groups in total. The molecule has 2 aromatic rings. The van der Waals surface area contributed by atoms with E-state index in [0.717, 1.165) is 16.2 Å². The quantitative estimate of drug-likeness (QED) is 0.857. The SMILES string of the molecule is COc1ccc(NC(=O)c2cc(C)c(C#CCO)s2)cc1. The Morgan fingerprint density at radius 1 is 1.38 bits per heavy atom. The van der Waals surface area contributed by atoms with Crippen molar-refractivity contribution in [2.45, 2.75) is 6.92 Å². The van der Waals surface area contributed by atoms with E-state index < -0.39 is 0 Å². The number of hydrogen-bond acceptors (Lipinski definition) is 4. The fourth-order valence-corrected chi connectivity index (χ4v) is 2.65. The first kappa shape index (κ1) is 15.1. The molecule has 1 aromatic heterocycles. The molecule has 1 aromatic carbocycles. The molecule has 0 radical (unpaired) electrons. The minimum Gasteiger partial charge on any atom is -0.497 e. The number of aliphatic hydroxyl groups is 1. The van der Waals surface area contributed by atoms with Gasteiger partial charge in [0.1, 0.15) is 12.4 Å². The van der Waals surface area contributed by atoms with E-state index in [1.807, 2.05) is 6.92 Å². The largest absolute Gasteiger partial charge is 0.497 e. The molecule has 0 unspecified atom stereocenters. The zero-order valence-corrected chi connectivity index (χ0v) is 12.6. The summed E-state index contributed by atoms with van der Waals surface area (Å²) in [6, 6.07) is 8.93. The van der Waals surface area contributed by atoms with Crippen molar-refractivity contribution < 1.29 is 14.6 Å². The standard InChI is InChI=1S/C16H15NO3S/c1-11-10-15(21-14(11)4-3-9-18)16(19)17-12-5-7-13(20-2)8-6-12/h5-8,10,18H,9H2,1-2H3,(H,17,19). The maximum atomic E-state index is 12.2. The Hall–Kier alpha value is -2.29. The fraction of sp³-hybridized carbons (Fsp3) is 0.188. The minimum atomic E-state index is -0.190. The van der Waals surface area contributed by atoms with Crippen LogP contribution in [-0.4, -0.2) is 24.7 Å². The number of methoxy groups -OCH3 is 1. The number of amides is 1. The zero-order chi connectivity index (χ0) is 15.2. The van der Waals surface area contributed by atoms with Gasteiger partial charge in [0, 0.05) is 5.69 Å². The third-order valence-electron chi connectivity index (χ3n) is 2.77. The number of carbonyl (C=O) groups excluding carboxylic acids is 1. The Bertz CT molecular complexity index is 693. The van der Waals surface area contributed by atoms with Crippen LogP contribution in [0.15, 0.2) is 30.3 Å². The lowest BCUT2D eigenvalue weighted by atomic mass is 10.2. The second kappa shape index (κ2) is 6.93. The lowest BCUT2D eigenvalue weighted by molar-refractivity contribution is 0.103. The molecule has 0 aliphatic heterocycles. The Balaban J connectivity index is 2.12. The molecule has 1 amide bonds. The summed E-state index contributed by atoms with van der Waals surface area (Å²) in [5.41, 5.74) is 1.63. The summed E-state index contributed by atoms with van der Waals surface area (Å²) >= 11 is 1.31. The number of ether oxygens (including phenoxy) is 1. The lowest BCUT2D eigenvalue weighted by Crippen LogP contribution is -2.09. The van der Waals surface area contributed by atoms with Crippen molar-refractivity contribution in [3.63, 3.8) is 0 Å². The predicted octanol–water partition coefficient (Wildman–Crippen LogP) is 2.66. The van der Waals surface area contributed by atoms with Gasteiger partial charge in [0.15, 0.2) is 0 Å². The molecule has 0 spiro atoms. The van der Waals surface area contributed by atoms with Crippen molar-refractivity contribution in [3.8, 4) is 17.6 Å². The monoisotopic (exact) mass is 301 g/mol. The molecule has 0 saturated heterocycles. The first-order valence-electron chi connectivity index (χ1n) is 6.29. The normalized spacial score (nSPS) is 9.67. The van der Waals surface area contributed by atoms with Gasteiger partial charge in [0.25, 0.3) is 5.91 Å². The molecule has 21 heavy (non-hydrogen) atoms. The molecular weight excluding hydrogens is 286 g/mol. The summed E-state index contributed by atoms with van der Waals surface area (Å²) in [6.45, 7) is 1.70. The van der Waals surface area contributed by atoms with E-state index >= 15 is 0 Å². The maximum Gasteiger partial charge on any atom is 0.265 e. The fourth-order valence-electron chi connectivity index (χ4n) is 1.70. The van der Waals surface area contributed by atoms with Gasteiger partial charge in [0.05, 0.1) is 16.9 Å². The molecule has 0 aliphatic carbocycles. The molecule has 5 heteroatoms. The van der Waals surface area contributed by atoms with Gasteiger partial charge in [-0.05, 0) is 42.8 Å². The van der Waals surface area contributed by atoms with Crippen molar-refractivity contribution >= 4 is 22.9 Å². The topological polar surface area (TPSA) is 58.6 Å². The van der Waals surface area contributed by atoms with Crippen LogP contribution in [0.25, 0.3) is 0 Å². The molecule has 0 fully saturated rings. The van der Waals surface area contributed by atoms with Gasteiger partial charge in [-0.25, -0.2) is 0 Å². The second-order valence-corrected chi connectivity index (χ2v) is 5.32. The molecule has 0 bridgehead atoms. The number of thiophene rings is 1. The van der Waals surface area contributed by atoms with E-state index in [2.05, 4.69) is 17.2 Å². The van der Waals surface area contributed by atoms with Crippen LogP contribution >= 0.6 is 11.3 Å². The smallest absolute Gasteiger partial charge is 0.265 e. The predicted molar refractivity (Wildman–Crippen MR) is 84.0 cm³/mol. The summed E-state index contributed by atoms with van der Waals surface area (Å²) in [5.74, 6) is 5.99. The first-order chi connectivity index (χ1) is 10.1. The van der Waals surface area contributed by atoms with E-state index in [-0.39, 0.29) is 12.5 Å². The number of benzene rings is 1. The molecule has 0 aliphatic rings. The van der Waals surface area contributed by atoms with Crippen LogP contribution in [-0.2, 0) is 0 Å². The number of aryl methyl sites for hydroxylation is 1. The Kier molecular flexibility index (Phi) is 4.99. The van der Waals surface area contributed by atoms with Crippen LogP contribution in [0.1, 0.15) is 20.1 Å². The third-order valence-corrected chi connectivity index (χ3v) is 3.92. The van der Waals surface area contributed by atoms with Crippen molar-refractivity contribution in [1.29, 1.82) is 0 Å². The Morgan fingerprint density at radius 3 is 2.71 bits per heavy atom. The maximum absolute atomic E-state index is 12.2. The highest BCUT2D eigenvalue weighted by atomic mass is 32.1. The number of anilines is 1. The van der Waals surface area contributed by atoms with E-state index in [9.17, 15) is 4.79 Å². The van der Waals surface area contributed by atoms with Crippen molar-refractivity contribution in [2.75, 3.05) is 19.0 Å². The van der Waals surface area contributed by atoms with Gasteiger partial charge >= 0.3 is 0 Å². The van der Waals surface area contributed by atoms with Crippen molar-refractivity contribution in [3.05, 3.63) is 45.6 Å². The van der Waals surface area contributed by atoms with E-state index in [1.54, 1.807) is 37.4 Å².